The zero-order chi connectivity index (χ0) is 13.7. The lowest BCUT2D eigenvalue weighted by molar-refractivity contribution is -0.149. The molecule has 0 saturated carbocycles. The quantitative estimate of drug-likeness (QED) is 0.756. The Bertz CT molecular complexity index is 212. The van der Waals surface area contributed by atoms with Gasteiger partial charge in [0.25, 0.3) is 0 Å². The molecule has 0 unspecified atom stereocenters. The van der Waals surface area contributed by atoms with E-state index < -0.39 is 12.7 Å². The molecule has 104 valence electrons. The van der Waals surface area contributed by atoms with E-state index in [0.717, 1.165) is 12.8 Å². The summed E-state index contributed by atoms with van der Waals surface area (Å²) in [5.41, 5.74) is 5.61. The third kappa shape index (κ3) is 8.44. The number of halogens is 3. The van der Waals surface area contributed by atoms with E-state index in [1.807, 2.05) is 13.8 Å². The largest absolute Gasteiger partial charge is 0.401 e. The Morgan fingerprint density at radius 2 is 1.71 bits per heavy atom. The summed E-state index contributed by atoms with van der Waals surface area (Å²) in [6.45, 7) is 7.87. The maximum atomic E-state index is 12.3. The molecule has 0 fully saturated rings. The van der Waals surface area contributed by atoms with Gasteiger partial charge in [-0.3, -0.25) is 4.90 Å². The highest BCUT2D eigenvalue weighted by molar-refractivity contribution is 4.72. The van der Waals surface area contributed by atoms with Crippen LogP contribution in [0.4, 0.5) is 13.2 Å². The minimum Gasteiger partial charge on any atom is -0.330 e. The highest BCUT2D eigenvalue weighted by Crippen LogP contribution is 2.22. The van der Waals surface area contributed by atoms with Crippen molar-refractivity contribution in [1.29, 1.82) is 0 Å². The second-order valence-electron chi connectivity index (χ2n) is 5.65. The number of nitrogens with two attached hydrogens (primary N) is 1. The first-order chi connectivity index (χ1) is 7.57. The smallest absolute Gasteiger partial charge is 0.330 e. The molecular formula is C12H25F3N2. The molecule has 0 aliphatic rings. The van der Waals surface area contributed by atoms with Crippen LogP contribution in [0.15, 0.2) is 0 Å². The molecule has 0 heterocycles. The molecule has 0 aromatic rings. The summed E-state index contributed by atoms with van der Waals surface area (Å²) in [6, 6.07) is -0.0855. The van der Waals surface area contributed by atoms with Crippen LogP contribution in [0, 0.1) is 5.41 Å². The molecule has 2 nitrogen and oxygen atoms in total. The predicted octanol–water partition coefficient (Wildman–Crippen LogP) is 3.02. The van der Waals surface area contributed by atoms with E-state index in [1.165, 1.54) is 4.90 Å². The zero-order valence-electron chi connectivity index (χ0n) is 11.3. The van der Waals surface area contributed by atoms with Gasteiger partial charge in [0.05, 0.1) is 6.54 Å². The maximum Gasteiger partial charge on any atom is 0.401 e. The van der Waals surface area contributed by atoms with Crippen LogP contribution < -0.4 is 5.73 Å². The van der Waals surface area contributed by atoms with Gasteiger partial charge in [-0.15, -0.1) is 0 Å². The molecule has 0 atom stereocenters. The molecule has 0 saturated heterocycles. The van der Waals surface area contributed by atoms with Crippen molar-refractivity contribution in [2.45, 2.75) is 52.8 Å². The first-order valence-corrected chi connectivity index (χ1v) is 6.08. The molecule has 0 spiro atoms. The molecule has 17 heavy (non-hydrogen) atoms. The van der Waals surface area contributed by atoms with Gasteiger partial charge in [0.1, 0.15) is 0 Å². The van der Waals surface area contributed by atoms with Crippen molar-refractivity contribution in [3.05, 3.63) is 0 Å². The van der Waals surface area contributed by atoms with Crippen LogP contribution in [0.2, 0.25) is 0 Å². The molecule has 0 radical (unpaired) electrons. The van der Waals surface area contributed by atoms with E-state index in [-0.39, 0.29) is 11.5 Å². The predicted molar refractivity (Wildman–Crippen MR) is 64.8 cm³/mol. The highest BCUT2D eigenvalue weighted by atomic mass is 19.4. The highest BCUT2D eigenvalue weighted by Gasteiger charge is 2.31. The van der Waals surface area contributed by atoms with Gasteiger partial charge in [0, 0.05) is 6.04 Å². The van der Waals surface area contributed by atoms with Crippen molar-refractivity contribution in [1.82, 2.24) is 4.90 Å². The van der Waals surface area contributed by atoms with Crippen molar-refractivity contribution in [3.8, 4) is 0 Å². The standard InChI is InChI=1S/C12H25F3N2/c1-10(2)17(9-12(13,14)15)7-5-6-11(3,4)8-16/h10H,5-9,16H2,1-4H3. The molecule has 5 heteroatoms. The molecule has 0 aliphatic carbocycles. The fourth-order valence-electron chi connectivity index (χ4n) is 1.61. The summed E-state index contributed by atoms with van der Waals surface area (Å²) in [4.78, 5) is 1.46. The summed E-state index contributed by atoms with van der Waals surface area (Å²) < 4.78 is 37.0. The summed E-state index contributed by atoms with van der Waals surface area (Å²) in [7, 11) is 0. The number of rotatable bonds is 7. The number of nitrogens with zero attached hydrogens (tertiary/aromatic N) is 1. The Kier molecular flexibility index (Phi) is 6.48. The van der Waals surface area contributed by atoms with E-state index in [4.69, 9.17) is 5.73 Å². The second-order valence-corrected chi connectivity index (χ2v) is 5.65. The Labute approximate surface area is 102 Å². The lowest BCUT2D eigenvalue weighted by atomic mass is 9.88. The average Bonchev–Trinajstić information content (AvgIpc) is 2.14. The Hall–Kier alpha value is -0.290. The molecule has 0 aromatic carbocycles. The Morgan fingerprint density at radius 3 is 2.06 bits per heavy atom. The molecule has 0 aliphatic heterocycles. The summed E-state index contributed by atoms with van der Waals surface area (Å²) in [5, 5.41) is 0. The third-order valence-electron chi connectivity index (χ3n) is 2.96. The number of hydrogen-bond donors (Lipinski definition) is 1. The van der Waals surface area contributed by atoms with E-state index in [2.05, 4.69) is 0 Å². The van der Waals surface area contributed by atoms with Crippen LogP contribution >= 0.6 is 0 Å². The maximum absolute atomic E-state index is 12.3. The lowest BCUT2D eigenvalue weighted by Crippen LogP contribution is -2.40. The van der Waals surface area contributed by atoms with Crippen LogP contribution in [-0.2, 0) is 0 Å². The van der Waals surface area contributed by atoms with Crippen LogP contribution in [-0.4, -0.2) is 36.8 Å². The fourth-order valence-corrected chi connectivity index (χ4v) is 1.61. The van der Waals surface area contributed by atoms with Gasteiger partial charge in [-0.25, -0.2) is 0 Å². The minimum absolute atomic E-state index is 0.0148. The molecule has 2 N–H and O–H groups in total. The van der Waals surface area contributed by atoms with Gasteiger partial charge in [0.2, 0.25) is 0 Å². The Balaban J connectivity index is 4.11. The van der Waals surface area contributed by atoms with E-state index in [1.54, 1.807) is 13.8 Å². The van der Waals surface area contributed by atoms with Crippen molar-refractivity contribution in [2.24, 2.45) is 11.1 Å². The van der Waals surface area contributed by atoms with Crippen LogP contribution in [0.25, 0.3) is 0 Å². The molecule has 0 aromatic heterocycles. The first-order valence-electron chi connectivity index (χ1n) is 6.08. The van der Waals surface area contributed by atoms with Crippen molar-refractivity contribution >= 4 is 0 Å². The first kappa shape index (κ1) is 16.7. The van der Waals surface area contributed by atoms with Crippen molar-refractivity contribution in [2.75, 3.05) is 19.6 Å². The van der Waals surface area contributed by atoms with Crippen LogP contribution in [0.5, 0.6) is 0 Å². The van der Waals surface area contributed by atoms with Crippen LogP contribution in [0.3, 0.4) is 0 Å². The number of alkyl halides is 3. The van der Waals surface area contributed by atoms with Crippen molar-refractivity contribution < 1.29 is 13.2 Å². The minimum atomic E-state index is -4.12. The second kappa shape index (κ2) is 6.59. The third-order valence-corrected chi connectivity index (χ3v) is 2.96. The monoisotopic (exact) mass is 254 g/mol. The molecular weight excluding hydrogens is 229 g/mol. The van der Waals surface area contributed by atoms with Crippen LogP contribution in [0.1, 0.15) is 40.5 Å². The SMILES string of the molecule is CC(C)N(CCCC(C)(C)CN)CC(F)(F)F. The lowest BCUT2D eigenvalue weighted by Gasteiger charge is -2.29. The molecule has 0 bridgehead atoms. The molecule has 0 rings (SSSR count). The van der Waals surface area contributed by atoms with Gasteiger partial charge >= 0.3 is 6.18 Å². The van der Waals surface area contributed by atoms with Crippen molar-refractivity contribution in [3.63, 3.8) is 0 Å². The topological polar surface area (TPSA) is 29.3 Å². The summed E-state index contributed by atoms with van der Waals surface area (Å²) in [6.07, 6.45) is -2.52. The van der Waals surface area contributed by atoms with Gasteiger partial charge in [-0.05, 0) is 45.2 Å². The number of hydrogen-bond acceptors (Lipinski definition) is 2. The Morgan fingerprint density at radius 1 is 1.18 bits per heavy atom. The summed E-state index contributed by atoms with van der Waals surface area (Å²) >= 11 is 0. The van der Waals surface area contributed by atoms with E-state index in [0.29, 0.717) is 13.1 Å². The average molecular weight is 254 g/mol. The normalized spacial score (nSPS) is 13.8. The van der Waals surface area contributed by atoms with Gasteiger partial charge < -0.3 is 5.73 Å². The molecule has 0 amide bonds. The fraction of sp³-hybridized carbons (Fsp3) is 1.00. The van der Waals surface area contributed by atoms with E-state index in [9.17, 15) is 13.2 Å². The van der Waals surface area contributed by atoms with Gasteiger partial charge in [-0.1, -0.05) is 13.8 Å². The zero-order valence-corrected chi connectivity index (χ0v) is 11.3. The van der Waals surface area contributed by atoms with Gasteiger partial charge in [0.15, 0.2) is 0 Å². The summed E-state index contributed by atoms with van der Waals surface area (Å²) in [5.74, 6) is 0. The van der Waals surface area contributed by atoms with E-state index >= 15 is 0 Å². The van der Waals surface area contributed by atoms with Gasteiger partial charge in [-0.2, -0.15) is 13.2 Å².